The molecule has 122 valence electrons. The van der Waals surface area contributed by atoms with E-state index in [0.29, 0.717) is 0 Å². The number of aryl methyl sites for hydroxylation is 1. The van der Waals surface area contributed by atoms with Crippen LogP contribution in [0.5, 0.6) is 0 Å². The van der Waals surface area contributed by atoms with Gasteiger partial charge >= 0.3 is 0 Å². The van der Waals surface area contributed by atoms with Crippen LogP contribution in [-0.2, 0) is 0 Å². The molecule has 0 aromatic heterocycles. The van der Waals surface area contributed by atoms with Crippen LogP contribution in [-0.4, -0.2) is 0 Å². The molecule has 0 spiro atoms. The Morgan fingerprint density at radius 2 is 1.41 bits per heavy atom. The van der Waals surface area contributed by atoms with Gasteiger partial charge in [-0.1, -0.05) is 90.1 Å². The van der Waals surface area contributed by atoms with Gasteiger partial charge in [-0.2, -0.15) is 0 Å². The number of fused-ring (bicyclic) bond motifs is 1. The SMILES string of the molecule is C=C(C)/C=c1/cc2ccc(C)cc2cc1=C.CC.CC.CC. The first-order chi connectivity index (χ1) is 10.6. The van der Waals surface area contributed by atoms with Crippen molar-refractivity contribution >= 4 is 23.4 Å². The van der Waals surface area contributed by atoms with E-state index in [-0.39, 0.29) is 0 Å². The Balaban J connectivity index is 0. The van der Waals surface area contributed by atoms with Crippen molar-refractivity contribution < 1.29 is 0 Å². The zero-order chi connectivity index (χ0) is 17.7. The molecular weight excluding hydrogens is 264 g/mol. The van der Waals surface area contributed by atoms with Gasteiger partial charge in [-0.3, -0.25) is 0 Å². The lowest BCUT2D eigenvalue weighted by Crippen LogP contribution is -2.22. The second-order valence-electron chi connectivity index (χ2n) is 4.39. The Labute approximate surface area is 137 Å². The van der Waals surface area contributed by atoms with Crippen molar-refractivity contribution in [2.75, 3.05) is 0 Å². The molecule has 0 unspecified atom stereocenters. The first kappa shape index (κ1) is 22.5. The van der Waals surface area contributed by atoms with Gasteiger partial charge in [0.05, 0.1) is 0 Å². The van der Waals surface area contributed by atoms with Gasteiger partial charge < -0.3 is 0 Å². The minimum atomic E-state index is 1.05. The van der Waals surface area contributed by atoms with Crippen LogP contribution < -0.4 is 10.4 Å². The minimum absolute atomic E-state index is 1.05. The second-order valence-corrected chi connectivity index (χ2v) is 4.39. The lowest BCUT2D eigenvalue weighted by molar-refractivity contribution is 1.48. The van der Waals surface area contributed by atoms with Crippen LogP contribution >= 0.6 is 0 Å². The van der Waals surface area contributed by atoms with Crippen molar-refractivity contribution in [3.05, 3.63) is 58.5 Å². The smallest absolute Gasteiger partial charge is 0.0175 e. The number of allylic oxidation sites excluding steroid dienone is 1. The lowest BCUT2D eigenvalue weighted by Gasteiger charge is -2.00. The predicted octanol–water partition coefficient (Wildman–Crippen LogP) is 5.99. The summed E-state index contributed by atoms with van der Waals surface area (Å²) < 4.78 is 0. The van der Waals surface area contributed by atoms with Crippen LogP contribution in [0.1, 0.15) is 54.0 Å². The first-order valence-electron chi connectivity index (χ1n) is 8.43. The quantitative estimate of drug-likeness (QED) is 0.606. The molecule has 0 aliphatic carbocycles. The van der Waals surface area contributed by atoms with E-state index in [1.807, 2.05) is 48.5 Å². The zero-order valence-corrected chi connectivity index (χ0v) is 15.9. The molecule has 0 heterocycles. The van der Waals surface area contributed by atoms with E-state index in [0.717, 1.165) is 16.0 Å². The molecule has 0 amide bonds. The average molecular weight is 299 g/mol. The van der Waals surface area contributed by atoms with Crippen molar-refractivity contribution in [3.8, 4) is 0 Å². The van der Waals surface area contributed by atoms with Crippen molar-refractivity contribution in [2.45, 2.75) is 55.4 Å². The maximum atomic E-state index is 4.08. The molecule has 2 aromatic carbocycles. The third-order valence-electron chi connectivity index (χ3n) is 2.66. The molecule has 0 fully saturated rings. The summed E-state index contributed by atoms with van der Waals surface area (Å²) >= 11 is 0. The molecule has 0 saturated heterocycles. The highest BCUT2D eigenvalue weighted by atomic mass is 14.0. The van der Waals surface area contributed by atoms with Crippen LogP contribution in [0.25, 0.3) is 23.4 Å². The molecule has 22 heavy (non-hydrogen) atoms. The maximum Gasteiger partial charge on any atom is -0.0175 e. The Hall–Kier alpha value is -1.82. The second kappa shape index (κ2) is 12.9. The van der Waals surface area contributed by atoms with Crippen LogP contribution in [0, 0.1) is 6.92 Å². The Morgan fingerprint density at radius 1 is 0.864 bits per heavy atom. The molecule has 2 aromatic rings. The van der Waals surface area contributed by atoms with E-state index in [9.17, 15) is 0 Å². The molecular formula is C22H34. The van der Waals surface area contributed by atoms with Gasteiger partial charge in [0.25, 0.3) is 0 Å². The fourth-order valence-corrected chi connectivity index (χ4v) is 1.88. The summed E-state index contributed by atoms with van der Waals surface area (Å²) in [5, 5.41) is 4.72. The summed E-state index contributed by atoms with van der Waals surface area (Å²) in [5.74, 6) is 0. The summed E-state index contributed by atoms with van der Waals surface area (Å²) in [4.78, 5) is 0. The molecule has 0 radical (unpaired) electrons. The van der Waals surface area contributed by atoms with Crippen LogP contribution in [0.3, 0.4) is 0 Å². The molecule has 0 heteroatoms. The van der Waals surface area contributed by atoms with Crippen molar-refractivity contribution in [1.82, 2.24) is 0 Å². The van der Waals surface area contributed by atoms with Crippen LogP contribution in [0.15, 0.2) is 42.5 Å². The fraction of sp³-hybridized carbons (Fsp3) is 0.364. The summed E-state index contributed by atoms with van der Waals surface area (Å²) in [6.07, 6.45) is 2.07. The Morgan fingerprint density at radius 3 is 1.91 bits per heavy atom. The zero-order valence-electron chi connectivity index (χ0n) is 15.9. The topological polar surface area (TPSA) is 0 Å². The van der Waals surface area contributed by atoms with Gasteiger partial charge in [0.1, 0.15) is 0 Å². The molecule has 0 aliphatic rings. The Kier molecular flexibility index (Phi) is 13.2. The number of benzene rings is 2. The predicted molar refractivity (Wildman–Crippen MR) is 107 cm³/mol. The molecule has 0 nitrogen and oxygen atoms in total. The third-order valence-corrected chi connectivity index (χ3v) is 2.66. The number of hydrogen-bond donors (Lipinski definition) is 0. The van der Waals surface area contributed by atoms with Crippen LogP contribution in [0.4, 0.5) is 0 Å². The molecule has 0 saturated carbocycles. The highest BCUT2D eigenvalue weighted by Gasteiger charge is 1.94. The normalized spacial score (nSPS) is 9.55. The van der Waals surface area contributed by atoms with E-state index < -0.39 is 0 Å². The van der Waals surface area contributed by atoms with E-state index in [1.165, 1.54) is 16.3 Å². The summed E-state index contributed by atoms with van der Waals surface area (Å²) in [5.41, 5.74) is 2.33. The van der Waals surface area contributed by atoms with Gasteiger partial charge in [-0.25, -0.2) is 0 Å². The molecule has 0 atom stereocenters. The van der Waals surface area contributed by atoms with E-state index in [1.54, 1.807) is 0 Å². The first-order valence-corrected chi connectivity index (χ1v) is 8.43. The minimum Gasteiger partial charge on any atom is -0.0961 e. The van der Waals surface area contributed by atoms with Gasteiger partial charge in [0.15, 0.2) is 0 Å². The number of rotatable bonds is 1. The highest BCUT2D eigenvalue weighted by Crippen LogP contribution is 2.11. The largest absolute Gasteiger partial charge is 0.0961 e. The van der Waals surface area contributed by atoms with E-state index in [2.05, 4.69) is 56.5 Å². The van der Waals surface area contributed by atoms with Gasteiger partial charge in [-0.05, 0) is 47.2 Å². The lowest BCUT2D eigenvalue weighted by atomic mass is 10.0. The molecule has 0 bridgehead atoms. The summed E-state index contributed by atoms with van der Waals surface area (Å²) in [6.45, 7) is 24.1. The fourth-order valence-electron chi connectivity index (χ4n) is 1.88. The average Bonchev–Trinajstić information content (AvgIpc) is 2.54. The van der Waals surface area contributed by atoms with Gasteiger partial charge in [0.2, 0.25) is 0 Å². The highest BCUT2D eigenvalue weighted by molar-refractivity contribution is 5.83. The monoisotopic (exact) mass is 298 g/mol. The van der Waals surface area contributed by atoms with E-state index >= 15 is 0 Å². The molecule has 0 N–H and O–H groups in total. The van der Waals surface area contributed by atoms with E-state index in [4.69, 9.17) is 0 Å². The van der Waals surface area contributed by atoms with Crippen molar-refractivity contribution in [1.29, 1.82) is 0 Å². The maximum absolute atomic E-state index is 4.08. The van der Waals surface area contributed by atoms with Crippen molar-refractivity contribution in [3.63, 3.8) is 0 Å². The van der Waals surface area contributed by atoms with Gasteiger partial charge in [-0.15, -0.1) is 0 Å². The Bertz CT molecular complexity index is 660. The molecule has 2 rings (SSSR count). The summed E-state index contributed by atoms with van der Waals surface area (Å²) in [7, 11) is 0. The number of hydrogen-bond acceptors (Lipinski definition) is 0. The third kappa shape index (κ3) is 7.26. The summed E-state index contributed by atoms with van der Waals surface area (Å²) in [6, 6.07) is 10.8. The van der Waals surface area contributed by atoms with Crippen LogP contribution in [0.2, 0.25) is 0 Å². The standard InChI is InChI=1S/C16H16.3C2H6/c1-11(2)7-15-10-14-6-5-12(3)8-16(14)9-13(15)4;3*1-2/h5-10H,1,4H2,2-3H3;3*1-2H3/b15-7-;;;. The molecule has 0 aliphatic heterocycles. The van der Waals surface area contributed by atoms with Gasteiger partial charge in [0, 0.05) is 0 Å². The van der Waals surface area contributed by atoms with Crippen molar-refractivity contribution in [2.24, 2.45) is 0 Å².